The molecule has 2 aromatic carbocycles. The molecule has 0 saturated heterocycles. The number of rotatable bonds is 5. The molecule has 26 heavy (non-hydrogen) atoms. The number of nitrogens with one attached hydrogen (secondary N) is 1. The lowest BCUT2D eigenvalue weighted by Crippen LogP contribution is -2.27. The van der Waals surface area contributed by atoms with E-state index in [1.807, 2.05) is 98.5 Å². The van der Waals surface area contributed by atoms with Crippen LogP contribution < -0.4 is 5.32 Å². The van der Waals surface area contributed by atoms with Gasteiger partial charge in [0.05, 0.1) is 12.2 Å². The first-order chi connectivity index (χ1) is 12.6. The van der Waals surface area contributed by atoms with Crippen molar-refractivity contribution in [2.45, 2.75) is 19.9 Å². The molecule has 4 heteroatoms. The van der Waals surface area contributed by atoms with Gasteiger partial charge >= 0.3 is 0 Å². The third-order valence-electron chi connectivity index (χ3n) is 4.53. The summed E-state index contributed by atoms with van der Waals surface area (Å²) in [5.41, 5.74) is 4.60. The van der Waals surface area contributed by atoms with E-state index in [0.717, 1.165) is 22.4 Å². The van der Waals surface area contributed by atoms with Gasteiger partial charge in [0.1, 0.15) is 0 Å². The predicted octanol–water partition coefficient (Wildman–Crippen LogP) is 4.15. The van der Waals surface area contributed by atoms with Crippen molar-refractivity contribution in [1.82, 2.24) is 15.1 Å². The van der Waals surface area contributed by atoms with Crippen LogP contribution in [0.5, 0.6) is 0 Å². The van der Waals surface area contributed by atoms with E-state index >= 15 is 0 Å². The molecule has 3 rings (SSSR count). The summed E-state index contributed by atoms with van der Waals surface area (Å²) in [5, 5.41) is 7.37. The molecule has 132 valence electrons. The Morgan fingerprint density at radius 1 is 1.08 bits per heavy atom. The van der Waals surface area contributed by atoms with Gasteiger partial charge in [-0.05, 0) is 31.1 Å². The maximum atomic E-state index is 13.0. The quantitative estimate of drug-likeness (QED) is 0.558. The topological polar surface area (TPSA) is 46.9 Å². The number of nitrogens with zero attached hydrogens (tertiary/aromatic N) is 2. The van der Waals surface area contributed by atoms with E-state index in [1.54, 1.807) is 0 Å². The summed E-state index contributed by atoms with van der Waals surface area (Å²) in [4.78, 5) is 13.0. The second-order valence-electron chi connectivity index (χ2n) is 6.34. The van der Waals surface area contributed by atoms with E-state index in [-0.39, 0.29) is 11.9 Å². The van der Waals surface area contributed by atoms with Crippen molar-refractivity contribution in [2.75, 3.05) is 0 Å². The molecule has 1 unspecified atom stereocenters. The van der Waals surface area contributed by atoms with Crippen molar-refractivity contribution in [3.8, 4) is 0 Å². The first kappa shape index (κ1) is 17.7. The van der Waals surface area contributed by atoms with Crippen molar-refractivity contribution in [3.63, 3.8) is 0 Å². The number of aryl methyl sites for hydroxylation is 1. The highest BCUT2D eigenvalue weighted by Crippen LogP contribution is 2.21. The maximum Gasteiger partial charge on any atom is 0.252 e. The van der Waals surface area contributed by atoms with Crippen LogP contribution in [0.1, 0.15) is 35.3 Å². The van der Waals surface area contributed by atoms with Crippen LogP contribution in [-0.4, -0.2) is 15.7 Å². The first-order valence-electron chi connectivity index (χ1n) is 8.68. The number of carbonyl (C=O) groups excluding carboxylic acids is 1. The Bertz CT molecular complexity index is 911. The molecule has 4 nitrogen and oxygen atoms in total. The minimum atomic E-state index is -0.126. The van der Waals surface area contributed by atoms with Crippen molar-refractivity contribution in [1.29, 1.82) is 0 Å². The molecule has 1 N–H and O–H groups in total. The van der Waals surface area contributed by atoms with E-state index in [9.17, 15) is 4.79 Å². The highest BCUT2D eigenvalue weighted by molar-refractivity contribution is 6.24. The number of hydrogen-bond donors (Lipinski definition) is 1. The molecule has 1 heterocycles. The Morgan fingerprint density at radius 3 is 2.27 bits per heavy atom. The molecule has 0 aliphatic carbocycles. The summed E-state index contributed by atoms with van der Waals surface area (Å²) >= 11 is 0. The molecule has 0 fully saturated rings. The number of benzene rings is 2. The Kier molecular flexibility index (Phi) is 5.32. The molecule has 0 saturated carbocycles. The molecule has 1 amide bonds. The Labute approximate surface area is 154 Å². The van der Waals surface area contributed by atoms with Crippen LogP contribution in [0.15, 0.2) is 66.9 Å². The second kappa shape index (κ2) is 7.83. The van der Waals surface area contributed by atoms with Gasteiger partial charge in [0.15, 0.2) is 0 Å². The number of amides is 1. The summed E-state index contributed by atoms with van der Waals surface area (Å²) in [5.74, 6) is -0.101. The Morgan fingerprint density at radius 2 is 1.69 bits per heavy atom. The lowest BCUT2D eigenvalue weighted by Gasteiger charge is -2.16. The molecule has 1 atom stereocenters. The molecule has 0 aliphatic rings. The van der Waals surface area contributed by atoms with Gasteiger partial charge < -0.3 is 5.32 Å². The van der Waals surface area contributed by atoms with Gasteiger partial charge in [-0.15, -0.1) is 0 Å². The third-order valence-corrected chi connectivity index (χ3v) is 4.53. The smallest absolute Gasteiger partial charge is 0.252 e. The lowest BCUT2D eigenvalue weighted by atomic mass is 10.0. The minimum absolute atomic E-state index is 0.101. The molecular weight excluding hydrogens is 322 g/mol. The fraction of sp³-hybridized carbons (Fsp3) is 0.182. The van der Waals surface area contributed by atoms with E-state index in [2.05, 4.69) is 10.4 Å². The van der Waals surface area contributed by atoms with Gasteiger partial charge in [-0.25, -0.2) is 0 Å². The van der Waals surface area contributed by atoms with E-state index in [1.165, 1.54) is 0 Å². The fourth-order valence-electron chi connectivity index (χ4n) is 2.91. The summed E-state index contributed by atoms with van der Waals surface area (Å²) in [6.07, 6.45) is 3.73. The van der Waals surface area contributed by atoms with Crippen LogP contribution in [0, 0.1) is 6.92 Å². The lowest BCUT2D eigenvalue weighted by molar-refractivity contribution is -0.116. The van der Waals surface area contributed by atoms with Gasteiger partial charge in [-0.1, -0.05) is 60.7 Å². The van der Waals surface area contributed by atoms with Gasteiger partial charge in [0.25, 0.3) is 5.91 Å². The van der Waals surface area contributed by atoms with Crippen molar-refractivity contribution >= 4 is 17.6 Å². The predicted molar refractivity (Wildman–Crippen MR) is 105 cm³/mol. The van der Waals surface area contributed by atoms with Crippen LogP contribution in [-0.2, 0) is 11.8 Å². The number of hydrogen-bond acceptors (Lipinski definition) is 2. The van der Waals surface area contributed by atoms with Gasteiger partial charge in [0.2, 0.25) is 0 Å². The zero-order valence-corrected chi connectivity index (χ0v) is 15.3. The van der Waals surface area contributed by atoms with Crippen LogP contribution in [0.2, 0.25) is 0 Å². The van der Waals surface area contributed by atoms with Crippen LogP contribution >= 0.6 is 0 Å². The highest BCUT2D eigenvalue weighted by atomic mass is 16.1. The third kappa shape index (κ3) is 3.91. The molecular formula is C22H23N3O. The molecule has 0 spiro atoms. The van der Waals surface area contributed by atoms with E-state index < -0.39 is 0 Å². The van der Waals surface area contributed by atoms with Gasteiger partial charge in [-0.3, -0.25) is 9.48 Å². The van der Waals surface area contributed by atoms with Crippen LogP contribution in [0.25, 0.3) is 11.6 Å². The van der Waals surface area contributed by atoms with Gasteiger partial charge in [0, 0.05) is 23.9 Å². The van der Waals surface area contributed by atoms with Gasteiger partial charge in [-0.2, -0.15) is 5.10 Å². The number of aromatic nitrogens is 2. The SMILES string of the molecule is Cc1c(C(C)NC(=O)/C(=C\c2ccccc2)c2ccccc2)cnn1C. The van der Waals surface area contributed by atoms with Crippen LogP contribution in [0.3, 0.4) is 0 Å². The molecule has 1 aromatic heterocycles. The Hall–Kier alpha value is -3.14. The summed E-state index contributed by atoms with van der Waals surface area (Å²) in [6, 6.07) is 19.5. The number of carbonyl (C=O) groups is 1. The fourth-order valence-corrected chi connectivity index (χ4v) is 2.91. The molecule has 0 bridgehead atoms. The first-order valence-corrected chi connectivity index (χ1v) is 8.68. The maximum absolute atomic E-state index is 13.0. The summed E-state index contributed by atoms with van der Waals surface area (Å²) < 4.78 is 1.82. The highest BCUT2D eigenvalue weighted by Gasteiger charge is 2.18. The van der Waals surface area contributed by atoms with Crippen LogP contribution in [0.4, 0.5) is 0 Å². The van der Waals surface area contributed by atoms with E-state index in [4.69, 9.17) is 0 Å². The minimum Gasteiger partial charge on any atom is -0.345 e. The van der Waals surface area contributed by atoms with Crippen molar-refractivity contribution < 1.29 is 4.79 Å². The standard InChI is InChI=1S/C22H23N3O/c1-16(21-15-23-25(3)17(21)2)24-22(26)20(19-12-8-5-9-13-19)14-18-10-6-4-7-11-18/h4-16H,1-3H3,(H,24,26)/b20-14-. The molecule has 3 aromatic rings. The average molecular weight is 345 g/mol. The van der Waals surface area contributed by atoms with Crippen molar-refractivity contribution in [2.24, 2.45) is 7.05 Å². The summed E-state index contributed by atoms with van der Waals surface area (Å²) in [6.45, 7) is 3.98. The second-order valence-corrected chi connectivity index (χ2v) is 6.34. The normalized spacial score (nSPS) is 12.7. The average Bonchev–Trinajstić information content (AvgIpc) is 3.00. The van der Waals surface area contributed by atoms with E-state index in [0.29, 0.717) is 5.57 Å². The molecule has 0 radical (unpaired) electrons. The Balaban J connectivity index is 1.90. The zero-order chi connectivity index (χ0) is 18.5. The monoisotopic (exact) mass is 345 g/mol. The van der Waals surface area contributed by atoms with Crippen molar-refractivity contribution in [3.05, 3.63) is 89.2 Å². The largest absolute Gasteiger partial charge is 0.345 e. The summed E-state index contributed by atoms with van der Waals surface area (Å²) in [7, 11) is 1.90. The zero-order valence-electron chi connectivity index (χ0n) is 15.3. The molecule has 0 aliphatic heterocycles.